The minimum atomic E-state index is -4.14. The van der Waals surface area contributed by atoms with Crippen LogP contribution in [0.1, 0.15) is 6.42 Å². The van der Waals surface area contributed by atoms with Crippen LogP contribution in [0.5, 0.6) is 0 Å². The zero-order valence-electron chi connectivity index (χ0n) is 9.96. The lowest BCUT2D eigenvalue weighted by Crippen LogP contribution is -2.21. The molecule has 0 aliphatic rings. The molecule has 1 aromatic carbocycles. The maximum Gasteiger partial charge on any atom is 0.149 e. The summed E-state index contributed by atoms with van der Waals surface area (Å²) in [5.74, 6) is 0.290. The summed E-state index contributed by atoms with van der Waals surface area (Å²) in [6, 6.07) is 9.92. The number of nitrogens with one attached hydrogen (secondary N) is 2. The van der Waals surface area contributed by atoms with Crippen LogP contribution in [0.15, 0.2) is 30.3 Å². The van der Waals surface area contributed by atoms with Crippen LogP contribution in [0.2, 0.25) is 0 Å². The molecule has 5 nitrogen and oxygen atoms in total. The molecule has 0 saturated heterocycles. The second kappa shape index (κ2) is 8.36. The quantitative estimate of drug-likeness (QED) is 0.405. The van der Waals surface area contributed by atoms with Gasteiger partial charge in [0.05, 0.1) is 0 Å². The first-order valence-electron chi connectivity index (χ1n) is 5.68. The number of hydrogen-bond donors (Lipinski definition) is 2. The van der Waals surface area contributed by atoms with Gasteiger partial charge in [-0.2, -0.15) is 0 Å². The molecule has 0 aliphatic heterocycles. The van der Waals surface area contributed by atoms with Crippen molar-refractivity contribution in [3.63, 3.8) is 0 Å². The smallest absolute Gasteiger partial charge is 0.149 e. The van der Waals surface area contributed by atoms with Crippen molar-refractivity contribution >= 4 is 25.6 Å². The van der Waals surface area contributed by atoms with Gasteiger partial charge in [-0.15, -0.1) is 0 Å². The fourth-order valence-electron chi connectivity index (χ4n) is 1.34. The Morgan fingerprint density at radius 3 is 2.50 bits per heavy atom. The SMILES string of the molecule is O=S(=O)([O-])SCCNCCCNc1ccccc1. The molecule has 0 radical (unpaired) electrons. The van der Waals surface area contributed by atoms with Gasteiger partial charge in [-0.05, 0) is 35.9 Å². The van der Waals surface area contributed by atoms with E-state index in [2.05, 4.69) is 10.6 Å². The highest BCUT2D eigenvalue weighted by Crippen LogP contribution is 2.06. The first kappa shape index (κ1) is 15.3. The van der Waals surface area contributed by atoms with Crippen LogP contribution in [0.25, 0.3) is 0 Å². The average Bonchev–Trinajstić information content (AvgIpc) is 2.32. The molecule has 0 unspecified atom stereocenters. The van der Waals surface area contributed by atoms with Gasteiger partial charge in [0, 0.05) is 24.5 Å². The Kier molecular flexibility index (Phi) is 7.11. The van der Waals surface area contributed by atoms with Crippen molar-refractivity contribution in [2.45, 2.75) is 6.42 Å². The number of benzene rings is 1. The lowest BCUT2D eigenvalue weighted by molar-refractivity contribution is 0.482. The standard InChI is InChI=1S/C11H18N2O3S2/c14-18(15,16)17-10-9-12-7-4-8-13-11-5-2-1-3-6-11/h1-3,5-6,12-13H,4,7-10H2,(H,14,15,16)/p-1. The minimum Gasteiger partial charge on any atom is -0.739 e. The van der Waals surface area contributed by atoms with Crippen molar-refractivity contribution in [3.8, 4) is 0 Å². The second-order valence-electron chi connectivity index (χ2n) is 3.63. The van der Waals surface area contributed by atoms with E-state index in [1.807, 2.05) is 30.3 Å². The average molecular weight is 289 g/mol. The molecule has 0 heterocycles. The zero-order chi connectivity index (χ0) is 13.3. The van der Waals surface area contributed by atoms with Gasteiger partial charge in [-0.1, -0.05) is 18.2 Å². The van der Waals surface area contributed by atoms with E-state index in [1.165, 1.54) is 0 Å². The van der Waals surface area contributed by atoms with Crippen LogP contribution < -0.4 is 10.6 Å². The zero-order valence-corrected chi connectivity index (χ0v) is 11.6. The highest BCUT2D eigenvalue weighted by molar-refractivity contribution is 8.69. The van der Waals surface area contributed by atoms with Crippen molar-refractivity contribution in [2.24, 2.45) is 0 Å². The number of rotatable bonds is 9. The van der Waals surface area contributed by atoms with Crippen LogP contribution in [0.4, 0.5) is 5.69 Å². The largest absolute Gasteiger partial charge is 0.739 e. The molecular weight excluding hydrogens is 272 g/mol. The normalized spacial score (nSPS) is 11.4. The molecule has 0 saturated carbocycles. The van der Waals surface area contributed by atoms with Crippen molar-refractivity contribution < 1.29 is 13.0 Å². The molecule has 0 atom stereocenters. The van der Waals surface area contributed by atoms with Gasteiger partial charge >= 0.3 is 0 Å². The first-order valence-corrected chi connectivity index (χ1v) is 8.59. The van der Waals surface area contributed by atoms with Crippen molar-refractivity contribution in [3.05, 3.63) is 30.3 Å². The van der Waals surface area contributed by atoms with Gasteiger partial charge in [-0.25, -0.2) is 8.42 Å². The Balaban J connectivity index is 1.93. The van der Waals surface area contributed by atoms with E-state index in [9.17, 15) is 13.0 Å². The Labute approximate surface area is 112 Å². The van der Waals surface area contributed by atoms with E-state index >= 15 is 0 Å². The van der Waals surface area contributed by atoms with Gasteiger partial charge in [-0.3, -0.25) is 0 Å². The molecule has 1 aromatic rings. The molecular formula is C11H17N2O3S2-. The monoisotopic (exact) mass is 289 g/mol. The fraction of sp³-hybridized carbons (Fsp3) is 0.455. The highest BCUT2D eigenvalue weighted by Gasteiger charge is 1.95. The predicted molar refractivity (Wildman–Crippen MR) is 74.6 cm³/mol. The summed E-state index contributed by atoms with van der Waals surface area (Å²) in [5.41, 5.74) is 1.09. The van der Waals surface area contributed by atoms with E-state index in [-0.39, 0.29) is 5.75 Å². The molecule has 0 aliphatic carbocycles. The van der Waals surface area contributed by atoms with E-state index in [4.69, 9.17) is 0 Å². The van der Waals surface area contributed by atoms with Gasteiger partial charge < -0.3 is 15.2 Å². The van der Waals surface area contributed by atoms with E-state index in [0.717, 1.165) is 25.2 Å². The van der Waals surface area contributed by atoms with Crippen molar-refractivity contribution in [1.82, 2.24) is 5.32 Å². The molecule has 102 valence electrons. The molecule has 0 amide bonds. The topological polar surface area (TPSA) is 81.3 Å². The summed E-state index contributed by atoms with van der Waals surface area (Å²) in [5, 5.41) is 6.35. The molecule has 0 spiro atoms. The predicted octanol–water partition coefficient (Wildman–Crippen LogP) is 1.27. The molecule has 0 aromatic heterocycles. The number of para-hydroxylation sites is 1. The second-order valence-corrected chi connectivity index (χ2v) is 7.02. The number of anilines is 1. The van der Waals surface area contributed by atoms with Crippen LogP contribution in [0, 0.1) is 0 Å². The highest BCUT2D eigenvalue weighted by atomic mass is 33.1. The van der Waals surface area contributed by atoms with Crippen LogP contribution in [-0.2, 0) is 9.15 Å². The van der Waals surface area contributed by atoms with Gasteiger partial charge in [0.25, 0.3) is 0 Å². The van der Waals surface area contributed by atoms with Crippen LogP contribution >= 0.6 is 10.8 Å². The molecule has 2 N–H and O–H groups in total. The maximum absolute atomic E-state index is 10.3. The summed E-state index contributed by atoms with van der Waals surface area (Å²) < 4.78 is 30.9. The molecule has 0 fully saturated rings. The summed E-state index contributed by atoms with van der Waals surface area (Å²) in [6.07, 6.45) is 0.934. The summed E-state index contributed by atoms with van der Waals surface area (Å²) in [7, 11) is -3.71. The first-order chi connectivity index (χ1) is 8.58. The molecule has 1 rings (SSSR count). The van der Waals surface area contributed by atoms with Crippen LogP contribution in [-0.4, -0.2) is 38.4 Å². The Bertz CT molecular complexity index is 423. The third-order valence-corrected chi connectivity index (χ3v) is 4.17. The minimum absolute atomic E-state index is 0.290. The van der Waals surface area contributed by atoms with E-state index < -0.39 is 9.15 Å². The van der Waals surface area contributed by atoms with Gasteiger partial charge in [0.15, 0.2) is 0 Å². The Hall–Kier alpha value is -0.760. The Morgan fingerprint density at radius 1 is 1.11 bits per heavy atom. The fourth-order valence-corrected chi connectivity index (χ4v) is 2.64. The Morgan fingerprint density at radius 2 is 1.83 bits per heavy atom. The van der Waals surface area contributed by atoms with Gasteiger partial charge in [0.2, 0.25) is 0 Å². The third-order valence-electron chi connectivity index (χ3n) is 2.14. The van der Waals surface area contributed by atoms with Crippen molar-refractivity contribution in [1.29, 1.82) is 0 Å². The molecule has 18 heavy (non-hydrogen) atoms. The molecule has 7 heteroatoms. The van der Waals surface area contributed by atoms with Gasteiger partial charge in [0.1, 0.15) is 9.15 Å². The maximum atomic E-state index is 10.3. The molecule has 0 bridgehead atoms. The van der Waals surface area contributed by atoms with Crippen molar-refractivity contribution in [2.75, 3.05) is 30.7 Å². The lowest BCUT2D eigenvalue weighted by Gasteiger charge is -2.08. The summed E-state index contributed by atoms with van der Waals surface area (Å²) in [6.45, 7) is 2.17. The van der Waals surface area contributed by atoms with Crippen LogP contribution in [0.3, 0.4) is 0 Å². The van der Waals surface area contributed by atoms with E-state index in [1.54, 1.807) is 0 Å². The number of hydrogen-bond acceptors (Lipinski definition) is 6. The summed E-state index contributed by atoms with van der Waals surface area (Å²) in [4.78, 5) is 0. The lowest BCUT2D eigenvalue weighted by atomic mass is 10.3. The third kappa shape index (κ3) is 8.35. The summed E-state index contributed by atoms with van der Waals surface area (Å²) >= 11 is 0. The van der Waals surface area contributed by atoms with E-state index in [0.29, 0.717) is 17.3 Å².